The van der Waals surface area contributed by atoms with Crippen molar-refractivity contribution in [1.29, 1.82) is 0 Å². The third-order valence-corrected chi connectivity index (χ3v) is 2.46. The molecule has 0 saturated carbocycles. The van der Waals surface area contributed by atoms with Crippen molar-refractivity contribution < 1.29 is 18.3 Å². The Hall–Kier alpha value is -1.43. The quantitative estimate of drug-likeness (QED) is 0.848. The molecule has 0 fully saturated rings. The maximum absolute atomic E-state index is 12.7. The highest BCUT2D eigenvalue weighted by atomic mass is 35.5. The summed E-state index contributed by atoms with van der Waals surface area (Å²) in [6.07, 6.45) is -2.20. The van der Waals surface area contributed by atoms with E-state index in [-0.39, 0.29) is 29.4 Å². The van der Waals surface area contributed by atoms with Crippen molar-refractivity contribution in [2.75, 3.05) is 12.3 Å². The third-order valence-electron chi connectivity index (χ3n) is 2.04. The molecule has 0 radical (unpaired) electrons. The van der Waals surface area contributed by atoms with E-state index in [1.807, 2.05) is 0 Å². The molecule has 0 spiro atoms. The first kappa shape index (κ1) is 13.6. The molecule has 2 N–H and O–H groups in total. The number of hydrogen-bond donors (Lipinski definition) is 1. The number of halogens is 3. The number of alkyl halides is 2. The lowest BCUT2D eigenvalue weighted by atomic mass is 10.1. The SMILES string of the molecule is CCOC(=O)Cc1c(C(F)F)cnc(N)c1Cl. The minimum absolute atomic E-state index is 0.0346. The number of nitrogens with zero attached hydrogens (tertiary/aromatic N) is 1. The van der Waals surface area contributed by atoms with Gasteiger partial charge in [0.25, 0.3) is 6.43 Å². The summed E-state index contributed by atoms with van der Waals surface area (Å²) < 4.78 is 30.0. The number of nitrogens with two attached hydrogens (primary N) is 1. The van der Waals surface area contributed by atoms with Crippen molar-refractivity contribution in [1.82, 2.24) is 4.98 Å². The Morgan fingerprint density at radius 1 is 1.65 bits per heavy atom. The van der Waals surface area contributed by atoms with Gasteiger partial charge in [0.1, 0.15) is 5.82 Å². The standard InChI is InChI=1S/C10H11ClF2N2O2/c1-2-17-7(16)3-5-6(9(12)13)4-15-10(14)8(5)11/h4,9H,2-3H2,1H3,(H2,14,15). The third kappa shape index (κ3) is 3.26. The van der Waals surface area contributed by atoms with Crippen LogP contribution < -0.4 is 5.73 Å². The number of carbonyl (C=O) groups excluding carboxylic acids is 1. The molecule has 0 unspecified atom stereocenters. The number of esters is 1. The second kappa shape index (κ2) is 5.77. The molecule has 1 rings (SSSR count). The van der Waals surface area contributed by atoms with E-state index in [1.54, 1.807) is 6.92 Å². The lowest BCUT2D eigenvalue weighted by molar-refractivity contribution is -0.142. The number of ether oxygens (including phenoxy) is 1. The summed E-state index contributed by atoms with van der Waals surface area (Å²) in [5, 5.41) is -0.129. The number of carbonyl (C=O) groups is 1. The van der Waals surface area contributed by atoms with Crippen LogP contribution in [0, 0.1) is 0 Å². The van der Waals surface area contributed by atoms with E-state index in [2.05, 4.69) is 9.72 Å². The zero-order valence-corrected chi connectivity index (χ0v) is 9.80. The van der Waals surface area contributed by atoms with E-state index in [1.165, 1.54) is 0 Å². The highest BCUT2D eigenvalue weighted by Gasteiger charge is 2.21. The van der Waals surface area contributed by atoms with Crippen molar-refractivity contribution in [3.63, 3.8) is 0 Å². The van der Waals surface area contributed by atoms with Crippen LogP contribution in [0.15, 0.2) is 6.20 Å². The number of hydrogen-bond acceptors (Lipinski definition) is 4. The van der Waals surface area contributed by atoms with Crippen LogP contribution in [0.5, 0.6) is 0 Å². The fraction of sp³-hybridized carbons (Fsp3) is 0.400. The van der Waals surface area contributed by atoms with Gasteiger partial charge in [-0.15, -0.1) is 0 Å². The Kier molecular flexibility index (Phi) is 4.62. The fourth-order valence-electron chi connectivity index (χ4n) is 1.28. The molecule has 0 aromatic carbocycles. The summed E-state index contributed by atoms with van der Waals surface area (Å²) in [7, 11) is 0. The average molecular weight is 265 g/mol. The van der Waals surface area contributed by atoms with Gasteiger partial charge in [0.15, 0.2) is 0 Å². The van der Waals surface area contributed by atoms with E-state index in [9.17, 15) is 13.6 Å². The van der Waals surface area contributed by atoms with Crippen LogP contribution in [0.1, 0.15) is 24.5 Å². The molecule has 0 atom stereocenters. The van der Waals surface area contributed by atoms with Crippen LogP contribution in [0.25, 0.3) is 0 Å². The Balaban J connectivity index is 3.10. The average Bonchev–Trinajstić information content (AvgIpc) is 2.25. The minimum Gasteiger partial charge on any atom is -0.466 e. The summed E-state index contributed by atoms with van der Waals surface area (Å²) in [6.45, 7) is 1.79. The predicted molar refractivity (Wildman–Crippen MR) is 59.0 cm³/mol. The minimum atomic E-state index is -2.77. The normalized spacial score (nSPS) is 10.6. The van der Waals surface area contributed by atoms with Crippen LogP contribution in [-0.2, 0) is 16.0 Å². The maximum atomic E-state index is 12.7. The molecule has 1 aromatic heterocycles. The molecule has 17 heavy (non-hydrogen) atoms. The summed E-state index contributed by atoms with van der Waals surface area (Å²) in [6, 6.07) is 0. The van der Waals surface area contributed by atoms with E-state index in [0.29, 0.717) is 0 Å². The van der Waals surface area contributed by atoms with Crippen LogP contribution in [0.2, 0.25) is 5.02 Å². The fourth-order valence-corrected chi connectivity index (χ4v) is 1.50. The van der Waals surface area contributed by atoms with Gasteiger partial charge < -0.3 is 10.5 Å². The van der Waals surface area contributed by atoms with E-state index in [4.69, 9.17) is 17.3 Å². The van der Waals surface area contributed by atoms with Crippen molar-refractivity contribution >= 4 is 23.4 Å². The highest BCUT2D eigenvalue weighted by Crippen LogP contribution is 2.31. The number of anilines is 1. The molecule has 94 valence electrons. The van der Waals surface area contributed by atoms with Gasteiger partial charge in [0.05, 0.1) is 18.1 Å². The Morgan fingerprint density at radius 3 is 2.82 bits per heavy atom. The first-order valence-electron chi connectivity index (χ1n) is 4.83. The molecule has 4 nitrogen and oxygen atoms in total. The Labute approximate surface area is 102 Å². The maximum Gasteiger partial charge on any atom is 0.310 e. The molecule has 0 amide bonds. The van der Waals surface area contributed by atoms with E-state index in [0.717, 1.165) is 6.20 Å². The molecule has 0 bridgehead atoms. The topological polar surface area (TPSA) is 65.2 Å². The molecular weight excluding hydrogens is 254 g/mol. The van der Waals surface area contributed by atoms with Gasteiger partial charge in [-0.05, 0) is 12.5 Å². The summed E-state index contributed by atoms with van der Waals surface area (Å²) >= 11 is 5.76. The van der Waals surface area contributed by atoms with Crippen molar-refractivity contribution in [3.05, 3.63) is 22.3 Å². The summed E-state index contributed by atoms with van der Waals surface area (Å²) in [4.78, 5) is 14.8. The zero-order valence-electron chi connectivity index (χ0n) is 9.04. The van der Waals surface area contributed by atoms with Crippen LogP contribution in [0.4, 0.5) is 14.6 Å². The summed E-state index contributed by atoms with van der Waals surface area (Å²) in [5.41, 5.74) is 4.96. The van der Waals surface area contributed by atoms with Gasteiger partial charge in [-0.2, -0.15) is 0 Å². The van der Waals surface area contributed by atoms with Crippen molar-refractivity contribution in [2.45, 2.75) is 19.8 Å². The number of pyridine rings is 1. The summed E-state index contributed by atoms with van der Waals surface area (Å²) in [5.74, 6) is -0.725. The molecule has 0 aliphatic heterocycles. The molecule has 7 heteroatoms. The largest absolute Gasteiger partial charge is 0.466 e. The van der Waals surface area contributed by atoms with Gasteiger partial charge in [-0.3, -0.25) is 4.79 Å². The second-order valence-electron chi connectivity index (χ2n) is 3.17. The van der Waals surface area contributed by atoms with Crippen molar-refractivity contribution in [2.24, 2.45) is 0 Å². The zero-order chi connectivity index (χ0) is 13.0. The first-order valence-corrected chi connectivity index (χ1v) is 5.21. The number of nitrogen functional groups attached to an aromatic ring is 1. The monoisotopic (exact) mass is 264 g/mol. The predicted octanol–water partition coefficient (Wildman–Crippen LogP) is 2.36. The lowest BCUT2D eigenvalue weighted by Crippen LogP contribution is -2.11. The molecule has 0 aliphatic rings. The molecule has 0 saturated heterocycles. The van der Waals surface area contributed by atoms with E-state index >= 15 is 0 Å². The van der Waals surface area contributed by atoms with Gasteiger partial charge in [-0.25, -0.2) is 13.8 Å². The molecule has 0 aliphatic carbocycles. The van der Waals surface area contributed by atoms with Gasteiger partial charge in [-0.1, -0.05) is 11.6 Å². The van der Waals surface area contributed by atoms with E-state index < -0.39 is 18.0 Å². The first-order chi connectivity index (χ1) is 7.97. The smallest absolute Gasteiger partial charge is 0.310 e. The van der Waals surface area contributed by atoms with Crippen LogP contribution in [0.3, 0.4) is 0 Å². The lowest BCUT2D eigenvalue weighted by Gasteiger charge is -2.11. The molecule has 1 aromatic rings. The van der Waals surface area contributed by atoms with Gasteiger partial charge >= 0.3 is 5.97 Å². The van der Waals surface area contributed by atoms with Crippen molar-refractivity contribution in [3.8, 4) is 0 Å². The second-order valence-corrected chi connectivity index (χ2v) is 3.55. The number of aromatic nitrogens is 1. The Morgan fingerprint density at radius 2 is 2.29 bits per heavy atom. The Bertz CT molecular complexity index is 427. The van der Waals surface area contributed by atoms with Crippen LogP contribution >= 0.6 is 11.6 Å². The number of rotatable bonds is 4. The van der Waals surface area contributed by atoms with Gasteiger partial charge in [0.2, 0.25) is 0 Å². The highest BCUT2D eigenvalue weighted by molar-refractivity contribution is 6.33. The molecular formula is C10H11ClF2N2O2. The van der Waals surface area contributed by atoms with Gasteiger partial charge in [0, 0.05) is 11.8 Å². The molecule has 1 heterocycles. The van der Waals surface area contributed by atoms with Crippen LogP contribution in [-0.4, -0.2) is 17.6 Å².